The maximum Gasteiger partial charge on any atom is 0.325 e. The zero-order valence-corrected chi connectivity index (χ0v) is 17.6. The van der Waals surface area contributed by atoms with Gasteiger partial charge in [-0.25, -0.2) is 9.78 Å². The highest BCUT2D eigenvalue weighted by atomic mass is 32.1. The molecule has 2 aromatic rings. The maximum absolute atomic E-state index is 12.6. The van der Waals surface area contributed by atoms with Gasteiger partial charge in [-0.15, -0.1) is 0 Å². The normalized spacial score (nSPS) is 17.3. The predicted molar refractivity (Wildman–Crippen MR) is 117 cm³/mol. The lowest BCUT2D eigenvalue weighted by Gasteiger charge is -2.33. The van der Waals surface area contributed by atoms with Crippen LogP contribution in [0.4, 0.5) is 27.0 Å². The Balaban J connectivity index is 1.52. The number of piperidine rings is 1. The SMILES string of the molecule is CCc1nsc(NC(=O)Nc2ccc(N3CCOCC3)cc2N2CCCCC2)n1. The Kier molecular flexibility index (Phi) is 6.46. The van der Waals surface area contributed by atoms with E-state index in [2.05, 4.69) is 41.9 Å². The fourth-order valence-electron chi connectivity index (χ4n) is 3.74. The molecule has 4 rings (SSSR count). The van der Waals surface area contributed by atoms with Crippen LogP contribution in [-0.4, -0.2) is 54.8 Å². The van der Waals surface area contributed by atoms with Gasteiger partial charge in [-0.05, 0) is 37.5 Å². The van der Waals surface area contributed by atoms with Crippen molar-refractivity contribution in [3.63, 3.8) is 0 Å². The first-order valence-electron chi connectivity index (χ1n) is 10.3. The van der Waals surface area contributed by atoms with Crippen LogP contribution in [0.3, 0.4) is 0 Å². The number of ether oxygens (including phenoxy) is 1. The van der Waals surface area contributed by atoms with Crippen molar-refractivity contribution in [1.29, 1.82) is 0 Å². The number of carbonyl (C=O) groups is 1. The molecule has 2 N–H and O–H groups in total. The van der Waals surface area contributed by atoms with Crippen LogP contribution >= 0.6 is 11.5 Å². The summed E-state index contributed by atoms with van der Waals surface area (Å²) in [4.78, 5) is 21.6. The number of morpholine rings is 1. The lowest BCUT2D eigenvalue weighted by atomic mass is 10.1. The number of amides is 2. The Labute approximate surface area is 175 Å². The number of carbonyl (C=O) groups excluding carboxylic acids is 1. The quantitative estimate of drug-likeness (QED) is 0.775. The highest BCUT2D eigenvalue weighted by Crippen LogP contribution is 2.33. The Bertz CT molecular complexity index is 830. The Morgan fingerprint density at radius 1 is 1.10 bits per heavy atom. The van der Waals surface area contributed by atoms with Crippen LogP contribution in [-0.2, 0) is 11.2 Å². The third kappa shape index (κ3) is 4.97. The van der Waals surface area contributed by atoms with Gasteiger partial charge >= 0.3 is 6.03 Å². The van der Waals surface area contributed by atoms with E-state index >= 15 is 0 Å². The highest BCUT2D eigenvalue weighted by Gasteiger charge is 2.19. The predicted octanol–water partition coefficient (Wildman–Crippen LogP) is 3.57. The first kappa shape index (κ1) is 19.9. The van der Waals surface area contributed by atoms with Crippen molar-refractivity contribution in [2.45, 2.75) is 32.6 Å². The van der Waals surface area contributed by atoms with Crippen molar-refractivity contribution in [3.8, 4) is 0 Å². The van der Waals surface area contributed by atoms with Crippen LogP contribution in [0.5, 0.6) is 0 Å². The number of nitrogens with one attached hydrogen (secondary N) is 2. The molecule has 2 saturated heterocycles. The third-order valence-corrected chi connectivity index (χ3v) is 5.98. The molecule has 0 bridgehead atoms. The van der Waals surface area contributed by atoms with E-state index < -0.39 is 0 Å². The number of hydrogen-bond acceptors (Lipinski definition) is 7. The molecule has 2 amide bonds. The Hall–Kier alpha value is -2.39. The molecule has 156 valence electrons. The third-order valence-electron chi connectivity index (χ3n) is 5.31. The monoisotopic (exact) mass is 416 g/mol. The lowest BCUT2D eigenvalue weighted by molar-refractivity contribution is 0.122. The van der Waals surface area contributed by atoms with Crippen molar-refractivity contribution in [3.05, 3.63) is 24.0 Å². The van der Waals surface area contributed by atoms with Crippen LogP contribution in [0, 0.1) is 0 Å². The molecule has 0 spiro atoms. The van der Waals surface area contributed by atoms with Gasteiger partial charge in [-0.1, -0.05) is 6.92 Å². The van der Waals surface area contributed by atoms with Gasteiger partial charge in [0.25, 0.3) is 0 Å². The van der Waals surface area contributed by atoms with Gasteiger partial charge in [0.2, 0.25) is 5.13 Å². The van der Waals surface area contributed by atoms with E-state index in [1.54, 1.807) is 0 Å². The number of aryl methyl sites for hydroxylation is 1. The Morgan fingerprint density at radius 2 is 1.90 bits per heavy atom. The Morgan fingerprint density at radius 3 is 2.62 bits per heavy atom. The average molecular weight is 417 g/mol. The summed E-state index contributed by atoms with van der Waals surface area (Å²) in [6, 6.07) is 5.99. The van der Waals surface area contributed by atoms with Crippen LogP contribution < -0.4 is 20.4 Å². The smallest absolute Gasteiger partial charge is 0.325 e. The molecular formula is C20H28N6O2S. The first-order valence-corrected chi connectivity index (χ1v) is 11.1. The van der Waals surface area contributed by atoms with Gasteiger partial charge in [0.1, 0.15) is 5.82 Å². The van der Waals surface area contributed by atoms with E-state index in [0.29, 0.717) is 5.13 Å². The molecule has 1 aromatic heterocycles. The number of rotatable bonds is 5. The van der Waals surface area contributed by atoms with Gasteiger partial charge in [-0.2, -0.15) is 4.37 Å². The summed E-state index contributed by atoms with van der Waals surface area (Å²) < 4.78 is 9.70. The summed E-state index contributed by atoms with van der Waals surface area (Å²) in [5.74, 6) is 0.745. The number of urea groups is 1. The number of aromatic nitrogens is 2. The molecule has 2 aliphatic rings. The summed E-state index contributed by atoms with van der Waals surface area (Å²) in [6.07, 6.45) is 4.37. The first-order chi connectivity index (χ1) is 14.2. The standard InChI is InChI=1S/C20H28N6O2S/c1-2-18-22-20(29-24-18)23-19(27)21-16-7-6-15(25-10-12-28-13-11-25)14-17(16)26-8-4-3-5-9-26/h6-7,14H,2-5,8-13H2,1H3,(H2,21,22,23,24,27). The van der Waals surface area contributed by atoms with Crippen molar-refractivity contribution in [2.24, 2.45) is 0 Å². The molecule has 0 aliphatic carbocycles. The van der Waals surface area contributed by atoms with E-state index in [0.717, 1.165) is 63.0 Å². The van der Waals surface area contributed by atoms with Crippen LogP contribution in [0.1, 0.15) is 32.0 Å². The summed E-state index contributed by atoms with van der Waals surface area (Å²) >= 11 is 1.20. The fourth-order valence-corrected chi connectivity index (χ4v) is 4.39. The topological polar surface area (TPSA) is 82.6 Å². The minimum Gasteiger partial charge on any atom is -0.378 e. The summed E-state index contributed by atoms with van der Waals surface area (Å²) in [5.41, 5.74) is 3.08. The second-order valence-electron chi connectivity index (χ2n) is 7.30. The van der Waals surface area contributed by atoms with E-state index in [1.165, 1.54) is 36.5 Å². The number of benzene rings is 1. The van der Waals surface area contributed by atoms with Gasteiger partial charge in [0.15, 0.2) is 0 Å². The number of nitrogens with zero attached hydrogens (tertiary/aromatic N) is 4. The molecule has 1 aromatic carbocycles. The van der Waals surface area contributed by atoms with Crippen LogP contribution in [0.25, 0.3) is 0 Å². The van der Waals surface area contributed by atoms with Gasteiger partial charge < -0.3 is 19.9 Å². The summed E-state index contributed by atoms with van der Waals surface area (Å²) in [6.45, 7) is 7.31. The van der Waals surface area contributed by atoms with Crippen LogP contribution in [0.2, 0.25) is 0 Å². The minimum absolute atomic E-state index is 0.291. The van der Waals surface area contributed by atoms with E-state index in [4.69, 9.17) is 4.74 Å². The highest BCUT2D eigenvalue weighted by molar-refractivity contribution is 7.09. The second-order valence-corrected chi connectivity index (χ2v) is 8.05. The molecule has 0 unspecified atom stereocenters. The second kappa shape index (κ2) is 9.41. The van der Waals surface area contributed by atoms with Crippen molar-refractivity contribution < 1.29 is 9.53 Å². The molecule has 0 saturated carbocycles. The molecule has 8 nitrogen and oxygen atoms in total. The zero-order chi connectivity index (χ0) is 20.1. The number of hydrogen-bond donors (Lipinski definition) is 2. The van der Waals surface area contributed by atoms with Crippen molar-refractivity contribution >= 4 is 39.8 Å². The summed E-state index contributed by atoms with van der Waals surface area (Å²) in [7, 11) is 0. The lowest BCUT2D eigenvalue weighted by Crippen LogP contribution is -2.36. The van der Waals surface area contributed by atoms with Crippen molar-refractivity contribution in [2.75, 3.05) is 59.8 Å². The molecule has 9 heteroatoms. The number of anilines is 4. The average Bonchev–Trinajstić information content (AvgIpc) is 3.22. The molecule has 2 fully saturated rings. The zero-order valence-electron chi connectivity index (χ0n) is 16.8. The van der Waals surface area contributed by atoms with Crippen LogP contribution in [0.15, 0.2) is 18.2 Å². The molecule has 2 aliphatic heterocycles. The van der Waals surface area contributed by atoms with Gasteiger partial charge in [0, 0.05) is 49.8 Å². The van der Waals surface area contributed by atoms with E-state index in [1.807, 2.05) is 13.0 Å². The largest absolute Gasteiger partial charge is 0.378 e. The molecule has 29 heavy (non-hydrogen) atoms. The van der Waals surface area contributed by atoms with Crippen molar-refractivity contribution in [1.82, 2.24) is 9.36 Å². The van der Waals surface area contributed by atoms with Gasteiger partial charge in [0.05, 0.1) is 24.6 Å². The summed E-state index contributed by atoms with van der Waals surface area (Å²) in [5, 5.41) is 6.34. The molecule has 0 radical (unpaired) electrons. The fraction of sp³-hybridized carbons (Fsp3) is 0.550. The molecule has 0 atom stereocenters. The minimum atomic E-state index is -0.291. The maximum atomic E-state index is 12.6. The molecular weight excluding hydrogens is 388 g/mol. The van der Waals surface area contributed by atoms with E-state index in [9.17, 15) is 4.79 Å². The molecule has 3 heterocycles. The van der Waals surface area contributed by atoms with E-state index in [-0.39, 0.29) is 6.03 Å². The van der Waals surface area contributed by atoms with Gasteiger partial charge in [-0.3, -0.25) is 5.32 Å².